The quantitative estimate of drug-likeness (QED) is 0.197. The molecule has 0 saturated heterocycles. The van der Waals surface area contributed by atoms with Crippen LogP contribution in [-0.2, 0) is 20.8 Å². The van der Waals surface area contributed by atoms with Crippen molar-refractivity contribution >= 4 is 25.1 Å². The Morgan fingerprint density at radius 3 is 1.20 bits per heavy atom. The van der Waals surface area contributed by atoms with Crippen molar-refractivity contribution in [2.75, 3.05) is 0 Å². The fraction of sp³-hybridized carbons (Fsp3) is 0.952. The van der Waals surface area contributed by atoms with Crippen molar-refractivity contribution in [1.82, 2.24) is 0 Å². The van der Waals surface area contributed by atoms with E-state index in [1.807, 2.05) is 0 Å². The van der Waals surface area contributed by atoms with Crippen molar-refractivity contribution in [1.29, 1.82) is 0 Å². The zero-order chi connectivity index (χ0) is 32.2. The van der Waals surface area contributed by atoms with Crippen molar-refractivity contribution in [3.05, 3.63) is 14.9 Å². The van der Waals surface area contributed by atoms with Crippen LogP contribution in [0.2, 0.25) is 24.2 Å². The van der Waals surface area contributed by atoms with Crippen molar-refractivity contribution in [3.63, 3.8) is 0 Å². The Labute approximate surface area is 309 Å². The van der Waals surface area contributed by atoms with Crippen LogP contribution in [0.4, 0.5) is 0 Å². The average Bonchev–Trinajstić information content (AvgIpc) is 3.43. The normalized spacial score (nSPS) is 43.7. The predicted octanol–water partition coefficient (Wildman–Crippen LogP) is 14.8. The van der Waals surface area contributed by atoms with Crippen LogP contribution < -0.4 is 0 Å². The summed E-state index contributed by atoms with van der Waals surface area (Å²) < 4.78 is 0. The van der Waals surface area contributed by atoms with E-state index < -0.39 is 28.9 Å². The summed E-state index contributed by atoms with van der Waals surface area (Å²) in [5, 5.41) is 0. The average molecular weight is 773 g/mol. The van der Waals surface area contributed by atoms with Gasteiger partial charge in [0.05, 0.1) is 8.07 Å². The maximum atomic E-state index is 4.93. The molecule has 14 atom stereocenters. The zero-order valence-corrected chi connectivity index (χ0v) is 37.7. The van der Waals surface area contributed by atoms with Gasteiger partial charge in [-0.05, 0) is 144 Å². The number of hydrogen-bond acceptors (Lipinski definition) is 0. The second-order valence-corrected chi connectivity index (χ2v) is 29.5. The SMILES string of the molecule is CC1CC2C(CC(C)(C)C)C3CCCCC3CC2C1[Si](C)(C)C1C(C)CC2C(CC(C)(C)C)C3CCCCC3CC21.[CH3-].[CH3-].[Cl][Zr+2][Cl]. The van der Waals surface area contributed by atoms with Gasteiger partial charge in [0.1, 0.15) is 0 Å². The van der Waals surface area contributed by atoms with Crippen LogP contribution in [-0.4, -0.2) is 8.07 Å². The van der Waals surface area contributed by atoms with E-state index in [0.29, 0.717) is 10.8 Å². The fourth-order valence-corrected chi connectivity index (χ4v) is 21.5. The van der Waals surface area contributed by atoms with E-state index in [2.05, 4.69) is 68.5 Å². The molecular weight excluding hydrogens is 695 g/mol. The van der Waals surface area contributed by atoms with Gasteiger partial charge in [-0.15, -0.1) is 0 Å². The van der Waals surface area contributed by atoms with Gasteiger partial charge in [0, 0.05) is 0 Å². The third-order valence-electron chi connectivity index (χ3n) is 15.2. The predicted molar refractivity (Wildman–Crippen MR) is 206 cm³/mol. The molecule has 0 N–H and O–H groups in total. The Morgan fingerprint density at radius 1 is 0.543 bits per heavy atom. The Kier molecular flexibility index (Phi) is 15.2. The van der Waals surface area contributed by atoms with Crippen LogP contribution in [0.5, 0.6) is 0 Å². The molecule has 6 fully saturated rings. The first-order chi connectivity index (χ1) is 20.6. The van der Waals surface area contributed by atoms with Gasteiger partial charge in [0.2, 0.25) is 0 Å². The molecular formula is C42H78Cl2SiZr. The van der Waals surface area contributed by atoms with E-state index in [4.69, 9.17) is 17.0 Å². The van der Waals surface area contributed by atoms with Crippen molar-refractivity contribution in [2.24, 2.45) is 81.8 Å². The summed E-state index contributed by atoms with van der Waals surface area (Å²) in [6.07, 6.45) is 21.8. The molecule has 6 rings (SSSR count). The minimum atomic E-state index is -1.47. The summed E-state index contributed by atoms with van der Waals surface area (Å²) in [5.74, 6) is 12.5. The van der Waals surface area contributed by atoms with E-state index >= 15 is 0 Å². The molecule has 0 amide bonds. The van der Waals surface area contributed by atoms with E-state index in [0.717, 1.165) is 82.1 Å². The van der Waals surface area contributed by atoms with Crippen LogP contribution in [0.1, 0.15) is 145 Å². The molecule has 14 unspecified atom stereocenters. The monoisotopic (exact) mass is 770 g/mol. The molecule has 0 aromatic carbocycles. The van der Waals surface area contributed by atoms with Crippen LogP contribution in [0.25, 0.3) is 0 Å². The van der Waals surface area contributed by atoms with Gasteiger partial charge >= 0.3 is 37.9 Å². The first-order valence-corrected chi connectivity index (χ1v) is 29.0. The van der Waals surface area contributed by atoms with Gasteiger partial charge < -0.3 is 14.9 Å². The van der Waals surface area contributed by atoms with Crippen molar-refractivity contribution < 1.29 is 20.8 Å². The van der Waals surface area contributed by atoms with Crippen molar-refractivity contribution in [2.45, 2.75) is 169 Å². The van der Waals surface area contributed by atoms with Crippen LogP contribution in [0.15, 0.2) is 0 Å². The molecule has 6 aliphatic carbocycles. The molecule has 0 heterocycles. The Hall–Kier alpha value is 1.68. The molecule has 0 bridgehead atoms. The zero-order valence-electron chi connectivity index (χ0n) is 32.7. The van der Waals surface area contributed by atoms with Gasteiger partial charge in [-0.25, -0.2) is 0 Å². The summed E-state index contributed by atoms with van der Waals surface area (Å²) in [4.78, 5) is 0. The van der Waals surface area contributed by atoms with Gasteiger partial charge in [-0.1, -0.05) is 107 Å². The van der Waals surface area contributed by atoms with Crippen LogP contribution in [0.3, 0.4) is 0 Å². The van der Waals surface area contributed by atoms with E-state index in [1.165, 1.54) is 38.5 Å². The van der Waals surface area contributed by atoms with Crippen LogP contribution in [0, 0.1) is 96.7 Å². The molecule has 0 aromatic rings. The summed E-state index contributed by atoms with van der Waals surface area (Å²) >= 11 is -0.826. The molecule has 268 valence electrons. The standard InChI is InChI=1S/C40H72Si.2CH3.2ClH.Zr/c1-25-19-31-33(21-27-15-11-13-17-29(27)35(31)23-39(3,4)5)37(25)41(9,10)38-26(2)20-32-34(38)22-28-16-12-14-18-30(28)36(32)24-40(6,7)8;;;;;/h25-38H,11-24H2,1-10H3;2*1H3;2*1H;/q;2*-1;;;+4/p-2. The Balaban J connectivity index is 0.00000111. The number of fused-ring (bicyclic) bond motifs is 4. The van der Waals surface area contributed by atoms with E-state index in [-0.39, 0.29) is 14.9 Å². The molecule has 6 aliphatic rings. The second kappa shape index (κ2) is 16.6. The number of rotatable bonds is 4. The topological polar surface area (TPSA) is 0 Å². The third kappa shape index (κ3) is 8.82. The number of halogens is 2. The fourth-order valence-electron chi connectivity index (χ4n) is 14.8. The van der Waals surface area contributed by atoms with E-state index in [9.17, 15) is 0 Å². The molecule has 0 radical (unpaired) electrons. The summed E-state index contributed by atoms with van der Waals surface area (Å²) in [6, 6.07) is 0. The molecule has 46 heavy (non-hydrogen) atoms. The van der Waals surface area contributed by atoms with Gasteiger partial charge in [-0.2, -0.15) is 0 Å². The van der Waals surface area contributed by atoms with E-state index in [1.54, 1.807) is 51.4 Å². The second-order valence-electron chi connectivity index (χ2n) is 20.8. The summed E-state index contributed by atoms with van der Waals surface area (Å²) in [5.41, 5.74) is 3.15. The molecule has 4 heteroatoms. The Bertz CT molecular complexity index is 865. The van der Waals surface area contributed by atoms with Gasteiger partial charge in [0.25, 0.3) is 0 Å². The molecule has 6 saturated carbocycles. The first kappa shape index (κ1) is 42.1. The minimum absolute atomic E-state index is 0. The maximum absolute atomic E-state index is 4.93. The molecule has 0 aliphatic heterocycles. The molecule has 0 nitrogen and oxygen atoms in total. The van der Waals surface area contributed by atoms with Crippen LogP contribution >= 0.6 is 17.0 Å². The Morgan fingerprint density at radius 2 is 0.870 bits per heavy atom. The third-order valence-corrected chi connectivity index (χ3v) is 20.7. The van der Waals surface area contributed by atoms with Crippen molar-refractivity contribution in [3.8, 4) is 0 Å². The van der Waals surface area contributed by atoms with Gasteiger partial charge in [-0.3, -0.25) is 0 Å². The summed E-state index contributed by atoms with van der Waals surface area (Å²) in [6.45, 7) is 26.8. The first-order valence-electron chi connectivity index (χ1n) is 19.5. The molecule has 0 spiro atoms. The number of hydrogen-bond donors (Lipinski definition) is 0. The molecule has 0 aromatic heterocycles. The summed E-state index contributed by atoms with van der Waals surface area (Å²) in [7, 11) is 8.40. The van der Waals surface area contributed by atoms with Gasteiger partial charge in [0.15, 0.2) is 0 Å².